The van der Waals surface area contributed by atoms with Crippen molar-refractivity contribution in [2.75, 3.05) is 29.9 Å². The van der Waals surface area contributed by atoms with E-state index in [0.29, 0.717) is 29.9 Å². The molecule has 9 heteroatoms. The third-order valence-corrected chi connectivity index (χ3v) is 6.08. The summed E-state index contributed by atoms with van der Waals surface area (Å²) in [6.07, 6.45) is 3.42. The largest absolute Gasteiger partial charge is 0.506 e. The predicted molar refractivity (Wildman–Crippen MR) is 130 cm³/mol. The highest BCUT2D eigenvalue weighted by Crippen LogP contribution is 2.29. The summed E-state index contributed by atoms with van der Waals surface area (Å²) in [5.41, 5.74) is 0.798. The number of hydrogen-bond donors (Lipinski definition) is 3. The van der Waals surface area contributed by atoms with E-state index in [1.807, 2.05) is 12.1 Å². The number of amides is 2. The van der Waals surface area contributed by atoms with Crippen molar-refractivity contribution in [2.24, 2.45) is 0 Å². The number of aromatic hydroxyl groups is 1. The number of anilines is 2. The summed E-state index contributed by atoms with van der Waals surface area (Å²) in [6, 6.07) is 7.46. The number of nitrogens with one attached hydrogen (secondary N) is 2. The standard InChI is InChI=1S/C25H32N4O5/c1-25(2,3)34-24(33)29-14-11-19-18(15-29)21(30)20(23(32)27-19)22(31)26-16-7-9-17(10-8-16)28-12-5-4-6-13-28/h7-10H,4-6,11-15H2,1-3H3,(H,26,31)(H2,27,30,32). The Labute approximate surface area is 198 Å². The van der Waals surface area contributed by atoms with Crippen molar-refractivity contribution < 1.29 is 19.4 Å². The highest BCUT2D eigenvalue weighted by atomic mass is 16.6. The van der Waals surface area contributed by atoms with Gasteiger partial charge in [-0.05, 0) is 64.3 Å². The SMILES string of the molecule is CC(C)(C)OC(=O)N1CCc2[nH]c(=O)c(C(=O)Nc3ccc(N4CCCCC4)cc3)c(O)c2C1. The summed E-state index contributed by atoms with van der Waals surface area (Å²) in [6.45, 7) is 7.75. The highest BCUT2D eigenvalue weighted by Gasteiger charge is 2.30. The molecular weight excluding hydrogens is 436 g/mol. The second-order valence-electron chi connectivity index (χ2n) is 9.84. The van der Waals surface area contributed by atoms with Crippen LogP contribution in [0.15, 0.2) is 29.1 Å². The number of rotatable bonds is 3. The van der Waals surface area contributed by atoms with Crippen LogP contribution in [0.1, 0.15) is 61.6 Å². The molecule has 2 amide bonds. The lowest BCUT2D eigenvalue weighted by Gasteiger charge is -2.31. The van der Waals surface area contributed by atoms with Crippen molar-refractivity contribution >= 4 is 23.4 Å². The summed E-state index contributed by atoms with van der Waals surface area (Å²) in [7, 11) is 0. The number of hydrogen-bond acceptors (Lipinski definition) is 6. The molecule has 2 aliphatic rings. The van der Waals surface area contributed by atoms with Gasteiger partial charge in [-0.15, -0.1) is 0 Å². The van der Waals surface area contributed by atoms with Crippen LogP contribution in [0.5, 0.6) is 5.75 Å². The summed E-state index contributed by atoms with van der Waals surface area (Å²) in [5, 5.41) is 13.5. The van der Waals surface area contributed by atoms with Gasteiger partial charge in [0.15, 0.2) is 0 Å². The third kappa shape index (κ3) is 5.18. The molecule has 3 N–H and O–H groups in total. The number of aromatic nitrogens is 1. The van der Waals surface area contributed by atoms with E-state index in [1.165, 1.54) is 24.2 Å². The molecule has 182 valence electrons. The van der Waals surface area contributed by atoms with E-state index in [1.54, 1.807) is 32.9 Å². The highest BCUT2D eigenvalue weighted by molar-refractivity contribution is 6.06. The number of nitrogens with zero attached hydrogens (tertiary/aromatic N) is 2. The lowest BCUT2D eigenvalue weighted by Crippen LogP contribution is -2.41. The Morgan fingerprint density at radius 1 is 1.06 bits per heavy atom. The van der Waals surface area contributed by atoms with E-state index in [0.717, 1.165) is 18.8 Å². The number of carbonyl (C=O) groups excluding carboxylic acids is 2. The zero-order chi connectivity index (χ0) is 24.5. The van der Waals surface area contributed by atoms with Crippen LogP contribution in [0.3, 0.4) is 0 Å². The molecule has 4 rings (SSSR count). The second-order valence-corrected chi connectivity index (χ2v) is 9.84. The topological polar surface area (TPSA) is 115 Å². The van der Waals surface area contributed by atoms with Gasteiger partial charge in [-0.2, -0.15) is 0 Å². The fourth-order valence-electron chi connectivity index (χ4n) is 4.37. The Morgan fingerprint density at radius 2 is 1.74 bits per heavy atom. The van der Waals surface area contributed by atoms with E-state index in [-0.39, 0.29) is 12.1 Å². The molecule has 0 bridgehead atoms. The minimum atomic E-state index is -0.707. The van der Waals surface area contributed by atoms with Crippen molar-refractivity contribution in [3.8, 4) is 5.75 Å². The van der Waals surface area contributed by atoms with E-state index < -0.39 is 28.9 Å². The van der Waals surface area contributed by atoms with Crippen LogP contribution in [0.2, 0.25) is 0 Å². The maximum absolute atomic E-state index is 12.9. The Hall–Kier alpha value is -3.49. The van der Waals surface area contributed by atoms with Crippen molar-refractivity contribution in [3.05, 3.63) is 51.4 Å². The zero-order valence-electron chi connectivity index (χ0n) is 19.9. The van der Waals surface area contributed by atoms with Gasteiger partial charge in [0.2, 0.25) is 0 Å². The van der Waals surface area contributed by atoms with Gasteiger partial charge in [0.25, 0.3) is 11.5 Å². The molecule has 1 fully saturated rings. The fraction of sp³-hybridized carbons (Fsp3) is 0.480. The Morgan fingerprint density at radius 3 is 2.38 bits per heavy atom. The van der Waals surface area contributed by atoms with Crippen molar-refractivity contribution in [1.29, 1.82) is 0 Å². The first-order valence-corrected chi connectivity index (χ1v) is 11.7. The van der Waals surface area contributed by atoms with Crippen LogP contribution in [0.25, 0.3) is 0 Å². The van der Waals surface area contributed by atoms with Crippen LogP contribution in [0.4, 0.5) is 16.2 Å². The summed E-state index contributed by atoms with van der Waals surface area (Å²) in [5.74, 6) is -1.11. The number of fused-ring (bicyclic) bond motifs is 1. The van der Waals surface area contributed by atoms with Gasteiger partial charge >= 0.3 is 6.09 Å². The number of H-pyrrole nitrogens is 1. The maximum Gasteiger partial charge on any atom is 0.410 e. The summed E-state index contributed by atoms with van der Waals surface area (Å²) in [4.78, 5) is 44.5. The first kappa shape index (κ1) is 23.7. The molecule has 0 unspecified atom stereocenters. The average Bonchev–Trinajstić information content (AvgIpc) is 2.79. The molecule has 9 nitrogen and oxygen atoms in total. The van der Waals surface area contributed by atoms with E-state index in [2.05, 4.69) is 15.2 Å². The average molecular weight is 469 g/mol. The normalized spacial score (nSPS) is 16.1. The molecule has 1 aromatic heterocycles. The maximum atomic E-state index is 12.9. The molecule has 2 aromatic rings. The molecule has 0 radical (unpaired) electrons. The number of carbonyl (C=O) groups is 2. The number of ether oxygens (including phenoxy) is 1. The summed E-state index contributed by atoms with van der Waals surface area (Å²) >= 11 is 0. The Balaban J connectivity index is 1.51. The van der Waals surface area contributed by atoms with Crippen molar-refractivity contribution in [1.82, 2.24) is 9.88 Å². The number of pyridine rings is 1. The minimum absolute atomic E-state index is 0.0394. The van der Waals surface area contributed by atoms with Gasteiger partial charge in [0.05, 0.1) is 6.54 Å². The van der Waals surface area contributed by atoms with Gasteiger partial charge in [0, 0.05) is 48.7 Å². The van der Waals surface area contributed by atoms with Gasteiger partial charge in [0.1, 0.15) is 16.9 Å². The quantitative estimate of drug-likeness (QED) is 0.634. The molecule has 0 atom stereocenters. The van der Waals surface area contributed by atoms with Crippen molar-refractivity contribution in [2.45, 2.75) is 58.6 Å². The third-order valence-electron chi connectivity index (χ3n) is 6.08. The Kier molecular flexibility index (Phi) is 6.54. The van der Waals surface area contributed by atoms with Gasteiger partial charge < -0.3 is 29.9 Å². The van der Waals surface area contributed by atoms with E-state index in [4.69, 9.17) is 4.74 Å². The van der Waals surface area contributed by atoms with Crippen LogP contribution >= 0.6 is 0 Å². The lowest BCUT2D eigenvalue weighted by molar-refractivity contribution is 0.0221. The van der Waals surface area contributed by atoms with Crippen LogP contribution in [0, 0.1) is 0 Å². The predicted octanol–water partition coefficient (Wildman–Crippen LogP) is 3.62. The van der Waals surface area contributed by atoms with Crippen LogP contribution < -0.4 is 15.8 Å². The van der Waals surface area contributed by atoms with E-state index in [9.17, 15) is 19.5 Å². The van der Waals surface area contributed by atoms with Gasteiger partial charge in [-0.25, -0.2) is 4.79 Å². The van der Waals surface area contributed by atoms with Crippen LogP contribution in [-0.4, -0.2) is 52.2 Å². The molecule has 0 spiro atoms. The van der Waals surface area contributed by atoms with Crippen molar-refractivity contribution in [3.63, 3.8) is 0 Å². The Bertz CT molecular complexity index is 1130. The number of piperidine rings is 1. The smallest absolute Gasteiger partial charge is 0.410 e. The zero-order valence-corrected chi connectivity index (χ0v) is 19.9. The van der Waals surface area contributed by atoms with Crippen LogP contribution in [-0.2, 0) is 17.7 Å². The molecule has 3 heterocycles. The second kappa shape index (κ2) is 9.40. The lowest BCUT2D eigenvalue weighted by atomic mass is 10.0. The molecule has 0 saturated carbocycles. The first-order valence-electron chi connectivity index (χ1n) is 11.7. The monoisotopic (exact) mass is 468 g/mol. The number of aromatic amines is 1. The van der Waals surface area contributed by atoms with Gasteiger partial charge in [-0.1, -0.05) is 0 Å². The molecule has 1 saturated heterocycles. The summed E-state index contributed by atoms with van der Waals surface area (Å²) < 4.78 is 5.42. The molecular formula is C25H32N4O5. The van der Waals surface area contributed by atoms with Gasteiger partial charge in [-0.3, -0.25) is 9.59 Å². The molecule has 1 aromatic carbocycles. The molecule has 2 aliphatic heterocycles. The molecule has 34 heavy (non-hydrogen) atoms. The van der Waals surface area contributed by atoms with E-state index >= 15 is 0 Å². The fourth-order valence-corrected chi connectivity index (χ4v) is 4.37. The molecule has 0 aliphatic carbocycles. The minimum Gasteiger partial charge on any atom is -0.506 e. The number of benzene rings is 1. The first-order chi connectivity index (χ1) is 16.1.